The second-order valence-electron chi connectivity index (χ2n) is 9.32. The van der Waals surface area contributed by atoms with Gasteiger partial charge in [-0.1, -0.05) is 66.7 Å². The van der Waals surface area contributed by atoms with Gasteiger partial charge in [-0.05, 0) is 64.3 Å². The molecule has 0 unspecified atom stereocenters. The van der Waals surface area contributed by atoms with Crippen LogP contribution in [0.15, 0.2) is 84.9 Å². The number of nitrogens with zero attached hydrogens (tertiary/aromatic N) is 1. The van der Waals surface area contributed by atoms with Gasteiger partial charge in [0.15, 0.2) is 16.6 Å². The highest BCUT2D eigenvalue weighted by Crippen LogP contribution is 2.42. The molecule has 2 aliphatic heterocycles. The summed E-state index contributed by atoms with van der Waals surface area (Å²) >= 11 is 6.03. The van der Waals surface area contributed by atoms with E-state index in [9.17, 15) is 0 Å². The molecule has 0 amide bonds. The van der Waals surface area contributed by atoms with Gasteiger partial charge < -0.3 is 24.7 Å². The third kappa shape index (κ3) is 3.48. The summed E-state index contributed by atoms with van der Waals surface area (Å²) in [6.07, 6.45) is 0.927. The van der Waals surface area contributed by atoms with Crippen molar-refractivity contribution in [3.8, 4) is 11.5 Å². The molecule has 6 heteroatoms. The topological polar surface area (TPSA) is 49.5 Å². The highest BCUT2D eigenvalue weighted by atomic mass is 32.1. The van der Waals surface area contributed by atoms with Gasteiger partial charge in [-0.3, -0.25) is 0 Å². The maximum atomic E-state index is 6.03. The highest BCUT2D eigenvalue weighted by molar-refractivity contribution is 7.80. The number of thiocarbonyl (C=S) groups is 1. The normalized spacial score (nSPS) is 16.3. The zero-order chi connectivity index (χ0) is 24.1. The SMILES string of the molecule is S=C(NCc1cccc2ccccc12)N1CCc2c([nH]c3ccccc23)[C@@H]1c1ccc2c(c1)OCO2. The van der Waals surface area contributed by atoms with Gasteiger partial charge in [0.05, 0.1) is 6.04 Å². The van der Waals surface area contributed by atoms with E-state index in [1.165, 1.54) is 33.0 Å². The zero-order valence-electron chi connectivity index (χ0n) is 19.7. The van der Waals surface area contributed by atoms with Gasteiger partial charge in [-0.15, -0.1) is 0 Å². The number of aromatic nitrogens is 1. The van der Waals surface area contributed by atoms with Crippen LogP contribution in [0.25, 0.3) is 21.7 Å². The van der Waals surface area contributed by atoms with Gasteiger partial charge in [0, 0.05) is 29.7 Å². The molecule has 5 nitrogen and oxygen atoms in total. The first kappa shape index (κ1) is 21.3. The number of hydrogen-bond donors (Lipinski definition) is 2. The Morgan fingerprint density at radius 1 is 0.917 bits per heavy atom. The molecule has 0 radical (unpaired) electrons. The van der Waals surface area contributed by atoms with Crippen LogP contribution in [-0.2, 0) is 13.0 Å². The molecule has 2 aliphatic rings. The van der Waals surface area contributed by atoms with Crippen molar-refractivity contribution in [3.05, 3.63) is 107 Å². The van der Waals surface area contributed by atoms with Crippen LogP contribution in [-0.4, -0.2) is 28.3 Å². The summed E-state index contributed by atoms with van der Waals surface area (Å²) in [5.74, 6) is 1.57. The van der Waals surface area contributed by atoms with E-state index < -0.39 is 0 Å². The first-order valence-electron chi connectivity index (χ1n) is 12.3. The Labute approximate surface area is 214 Å². The number of para-hydroxylation sites is 1. The van der Waals surface area contributed by atoms with Crippen molar-refractivity contribution in [2.24, 2.45) is 0 Å². The largest absolute Gasteiger partial charge is 0.454 e. The smallest absolute Gasteiger partial charge is 0.231 e. The molecule has 0 spiro atoms. The van der Waals surface area contributed by atoms with E-state index in [2.05, 4.69) is 94.1 Å². The predicted molar refractivity (Wildman–Crippen MR) is 147 cm³/mol. The maximum Gasteiger partial charge on any atom is 0.231 e. The maximum absolute atomic E-state index is 6.03. The molecule has 0 saturated carbocycles. The monoisotopic (exact) mass is 491 g/mol. The minimum atomic E-state index is -0.0526. The highest BCUT2D eigenvalue weighted by Gasteiger charge is 2.34. The van der Waals surface area contributed by atoms with Crippen molar-refractivity contribution in [1.82, 2.24) is 15.2 Å². The van der Waals surface area contributed by atoms with Gasteiger partial charge in [-0.2, -0.15) is 0 Å². The van der Waals surface area contributed by atoms with E-state index in [0.29, 0.717) is 6.54 Å². The van der Waals surface area contributed by atoms with Gasteiger partial charge in [-0.25, -0.2) is 0 Å². The molecule has 36 heavy (non-hydrogen) atoms. The molecule has 0 fully saturated rings. The summed E-state index contributed by atoms with van der Waals surface area (Å²) in [6.45, 7) is 1.76. The van der Waals surface area contributed by atoms with E-state index in [1.807, 2.05) is 6.07 Å². The summed E-state index contributed by atoms with van der Waals surface area (Å²) < 4.78 is 11.3. The Morgan fingerprint density at radius 3 is 2.67 bits per heavy atom. The van der Waals surface area contributed by atoms with Crippen molar-refractivity contribution < 1.29 is 9.47 Å². The van der Waals surface area contributed by atoms with Gasteiger partial charge in [0.25, 0.3) is 0 Å². The number of fused-ring (bicyclic) bond motifs is 5. The minimum Gasteiger partial charge on any atom is -0.454 e. The van der Waals surface area contributed by atoms with Crippen LogP contribution in [0.3, 0.4) is 0 Å². The number of H-pyrrole nitrogens is 1. The van der Waals surface area contributed by atoms with Gasteiger partial charge in [0.2, 0.25) is 6.79 Å². The molecule has 7 rings (SSSR count). The molecule has 178 valence electrons. The third-order valence-electron chi connectivity index (χ3n) is 7.32. The molecule has 5 aromatic rings. The molecule has 0 aliphatic carbocycles. The van der Waals surface area contributed by atoms with Gasteiger partial charge in [0.1, 0.15) is 0 Å². The Hall–Kier alpha value is -4.03. The van der Waals surface area contributed by atoms with Crippen molar-refractivity contribution in [2.75, 3.05) is 13.3 Å². The first-order chi connectivity index (χ1) is 17.8. The summed E-state index contributed by atoms with van der Waals surface area (Å²) in [6, 6.07) is 29.6. The van der Waals surface area contributed by atoms with Crippen LogP contribution < -0.4 is 14.8 Å². The summed E-state index contributed by atoms with van der Waals surface area (Å²) in [5.41, 5.74) is 6.07. The van der Waals surface area contributed by atoms with E-state index in [-0.39, 0.29) is 12.8 Å². The van der Waals surface area contributed by atoms with Crippen LogP contribution in [0, 0.1) is 0 Å². The molecular weight excluding hydrogens is 466 g/mol. The molecule has 0 saturated heterocycles. The van der Waals surface area contributed by atoms with Crippen molar-refractivity contribution >= 4 is 39.0 Å². The summed E-state index contributed by atoms with van der Waals surface area (Å²) in [7, 11) is 0. The lowest BCUT2D eigenvalue weighted by atomic mass is 9.92. The first-order valence-corrected chi connectivity index (χ1v) is 12.7. The van der Waals surface area contributed by atoms with Crippen molar-refractivity contribution in [1.29, 1.82) is 0 Å². The van der Waals surface area contributed by atoms with Crippen LogP contribution in [0.2, 0.25) is 0 Å². The Balaban J connectivity index is 1.25. The van der Waals surface area contributed by atoms with Crippen molar-refractivity contribution in [2.45, 2.75) is 19.0 Å². The second kappa shape index (κ2) is 8.57. The second-order valence-corrected chi connectivity index (χ2v) is 9.71. The molecule has 0 bridgehead atoms. The van der Waals surface area contributed by atoms with Crippen LogP contribution in [0.4, 0.5) is 0 Å². The molecule has 3 heterocycles. The number of aromatic amines is 1. The Bertz CT molecular complexity index is 1620. The molecule has 2 N–H and O–H groups in total. The summed E-state index contributed by atoms with van der Waals surface area (Å²) in [5, 5.41) is 8.08. The number of rotatable bonds is 3. The predicted octanol–water partition coefficient (Wildman–Crippen LogP) is 6.07. The van der Waals surface area contributed by atoms with Crippen LogP contribution in [0.5, 0.6) is 11.5 Å². The van der Waals surface area contributed by atoms with Crippen molar-refractivity contribution in [3.63, 3.8) is 0 Å². The number of nitrogens with one attached hydrogen (secondary N) is 2. The lowest BCUT2D eigenvalue weighted by molar-refractivity contribution is 0.174. The molecule has 1 atom stereocenters. The number of ether oxygens (including phenoxy) is 2. The van der Waals surface area contributed by atoms with E-state index >= 15 is 0 Å². The Kier molecular flexibility index (Phi) is 5.06. The fourth-order valence-corrected chi connectivity index (χ4v) is 5.88. The third-order valence-corrected chi connectivity index (χ3v) is 7.70. The van der Waals surface area contributed by atoms with Gasteiger partial charge >= 0.3 is 0 Å². The van der Waals surface area contributed by atoms with E-state index in [4.69, 9.17) is 21.7 Å². The fourth-order valence-electron chi connectivity index (χ4n) is 5.61. The fraction of sp³-hybridized carbons (Fsp3) is 0.167. The molecule has 4 aromatic carbocycles. The van der Waals surface area contributed by atoms with E-state index in [1.54, 1.807) is 0 Å². The zero-order valence-corrected chi connectivity index (χ0v) is 20.5. The quantitative estimate of drug-likeness (QED) is 0.300. The Morgan fingerprint density at radius 2 is 1.72 bits per heavy atom. The average Bonchev–Trinajstić information content (AvgIpc) is 3.55. The standard InChI is InChI=1S/C30H25N3O2S/c36-30(31-17-21-8-5-7-19-6-1-2-9-22(19)21)33-15-14-24-23-10-3-4-11-25(23)32-28(24)29(33)20-12-13-26-27(16-20)35-18-34-26/h1-13,16,29,32H,14-15,17-18H2,(H,31,36)/t29-/m0/s1. The lowest BCUT2D eigenvalue weighted by Crippen LogP contribution is -2.45. The summed E-state index contributed by atoms with van der Waals surface area (Å²) in [4.78, 5) is 6.02. The molecular formula is C30H25N3O2S. The number of benzene rings is 4. The van der Waals surface area contributed by atoms with Crippen LogP contribution in [0.1, 0.15) is 28.4 Å². The molecule has 1 aromatic heterocycles. The average molecular weight is 492 g/mol. The van der Waals surface area contributed by atoms with E-state index in [0.717, 1.165) is 40.7 Å². The van der Waals surface area contributed by atoms with Crippen LogP contribution >= 0.6 is 12.2 Å². The number of hydrogen-bond acceptors (Lipinski definition) is 3. The minimum absolute atomic E-state index is 0.0526. The lowest BCUT2D eigenvalue weighted by Gasteiger charge is -2.38.